The van der Waals surface area contributed by atoms with E-state index in [-0.39, 0.29) is 18.1 Å². The van der Waals surface area contributed by atoms with E-state index in [0.717, 1.165) is 23.7 Å². The second-order valence-corrected chi connectivity index (χ2v) is 8.64. The second kappa shape index (κ2) is 10.3. The monoisotopic (exact) mass is 463 g/mol. The number of fused-ring (bicyclic) bond motifs is 1. The number of amides is 1. The third-order valence-corrected chi connectivity index (χ3v) is 6.34. The molecule has 1 amide bonds. The molecule has 5 rings (SSSR count). The number of hydrogen-bond acceptors (Lipinski definition) is 7. The molecule has 1 aliphatic heterocycles. The fourth-order valence-electron chi connectivity index (χ4n) is 4.54. The average molecular weight is 464 g/mol. The van der Waals surface area contributed by atoms with Gasteiger partial charge in [-0.3, -0.25) is 4.79 Å². The summed E-state index contributed by atoms with van der Waals surface area (Å²) < 4.78 is 23.5. The lowest BCUT2D eigenvalue weighted by Gasteiger charge is -2.33. The summed E-state index contributed by atoms with van der Waals surface area (Å²) in [6.07, 6.45) is 5.84. The van der Waals surface area contributed by atoms with Crippen molar-refractivity contribution in [1.29, 1.82) is 0 Å². The van der Waals surface area contributed by atoms with Crippen molar-refractivity contribution in [3.8, 4) is 17.4 Å². The van der Waals surface area contributed by atoms with E-state index in [1.54, 1.807) is 30.2 Å². The highest BCUT2D eigenvalue weighted by Crippen LogP contribution is 2.33. The van der Waals surface area contributed by atoms with E-state index >= 15 is 0 Å². The molecule has 8 heteroatoms. The number of para-hydroxylation sites is 1. The van der Waals surface area contributed by atoms with Crippen LogP contribution in [0, 0.1) is 0 Å². The van der Waals surface area contributed by atoms with Crippen molar-refractivity contribution in [3.05, 3.63) is 54.4 Å². The van der Waals surface area contributed by atoms with Gasteiger partial charge in [-0.2, -0.15) is 0 Å². The van der Waals surface area contributed by atoms with Gasteiger partial charge >= 0.3 is 0 Å². The standard InChI is InChI=1S/C26H29N3O5/c1-31-23-11-10-18(14-24(23)34-19-6-2-3-7-19)26(30)29-12-13-32-20(15-29)16-33-25-21-8-4-5-9-22(21)27-17-28-25/h4-5,8-11,14,17,19-20H,2-3,6-7,12-13,15-16H2,1H3. The van der Waals surface area contributed by atoms with Crippen molar-refractivity contribution in [2.45, 2.75) is 37.9 Å². The van der Waals surface area contributed by atoms with E-state index in [1.165, 1.54) is 19.2 Å². The van der Waals surface area contributed by atoms with Crippen molar-refractivity contribution in [2.75, 3.05) is 33.4 Å². The minimum atomic E-state index is -0.251. The van der Waals surface area contributed by atoms with Gasteiger partial charge in [0.1, 0.15) is 19.0 Å². The molecular formula is C26H29N3O5. The first kappa shape index (κ1) is 22.4. The molecule has 0 radical (unpaired) electrons. The van der Waals surface area contributed by atoms with E-state index in [9.17, 15) is 4.79 Å². The maximum atomic E-state index is 13.3. The number of methoxy groups -OCH3 is 1. The van der Waals surface area contributed by atoms with Gasteiger partial charge in [0, 0.05) is 12.1 Å². The van der Waals surface area contributed by atoms with Gasteiger partial charge in [-0.05, 0) is 56.0 Å². The maximum Gasteiger partial charge on any atom is 0.254 e. The van der Waals surface area contributed by atoms with Gasteiger partial charge in [-0.1, -0.05) is 12.1 Å². The van der Waals surface area contributed by atoms with Gasteiger partial charge in [0.25, 0.3) is 5.91 Å². The Bertz CT molecular complexity index is 1140. The van der Waals surface area contributed by atoms with Crippen LogP contribution < -0.4 is 14.2 Å². The zero-order valence-electron chi connectivity index (χ0n) is 19.3. The summed E-state index contributed by atoms with van der Waals surface area (Å²) in [6.45, 7) is 1.71. The van der Waals surface area contributed by atoms with E-state index < -0.39 is 0 Å². The summed E-state index contributed by atoms with van der Waals surface area (Å²) in [5, 5.41) is 0.849. The Morgan fingerprint density at radius 2 is 1.97 bits per heavy atom. The lowest BCUT2D eigenvalue weighted by atomic mass is 10.1. The van der Waals surface area contributed by atoms with Crippen molar-refractivity contribution < 1.29 is 23.7 Å². The highest BCUT2D eigenvalue weighted by Gasteiger charge is 2.27. The molecule has 178 valence electrons. The van der Waals surface area contributed by atoms with Crippen molar-refractivity contribution in [1.82, 2.24) is 14.9 Å². The van der Waals surface area contributed by atoms with Crippen LogP contribution in [-0.2, 0) is 4.74 Å². The third kappa shape index (κ3) is 4.92. The van der Waals surface area contributed by atoms with Crippen LogP contribution in [0.2, 0.25) is 0 Å². The highest BCUT2D eigenvalue weighted by molar-refractivity contribution is 5.95. The topological polar surface area (TPSA) is 83.0 Å². The second-order valence-electron chi connectivity index (χ2n) is 8.64. The van der Waals surface area contributed by atoms with E-state index in [1.807, 2.05) is 24.3 Å². The van der Waals surface area contributed by atoms with E-state index in [0.29, 0.717) is 49.2 Å². The van der Waals surface area contributed by atoms with Crippen LogP contribution in [0.3, 0.4) is 0 Å². The third-order valence-electron chi connectivity index (χ3n) is 6.34. The number of nitrogens with zero attached hydrogens (tertiary/aromatic N) is 3. The summed E-state index contributed by atoms with van der Waals surface area (Å²) in [6, 6.07) is 13.1. The number of morpholine rings is 1. The Kier molecular flexibility index (Phi) is 6.76. The van der Waals surface area contributed by atoms with Gasteiger partial charge < -0.3 is 23.8 Å². The zero-order valence-corrected chi connectivity index (χ0v) is 19.3. The predicted molar refractivity (Wildman–Crippen MR) is 127 cm³/mol. The molecule has 0 spiro atoms. The molecule has 2 heterocycles. The van der Waals surface area contributed by atoms with Crippen molar-refractivity contribution in [2.24, 2.45) is 0 Å². The summed E-state index contributed by atoms with van der Waals surface area (Å²) >= 11 is 0. The summed E-state index contributed by atoms with van der Waals surface area (Å²) in [5.41, 5.74) is 1.40. The van der Waals surface area contributed by atoms with Gasteiger partial charge in [0.05, 0.1) is 37.3 Å². The summed E-state index contributed by atoms with van der Waals surface area (Å²) in [4.78, 5) is 23.6. The van der Waals surface area contributed by atoms with Crippen LogP contribution in [0.25, 0.3) is 10.9 Å². The van der Waals surface area contributed by atoms with Gasteiger partial charge in [0.2, 0.25) is 5.88 Å². The largest absolute Gasteiger partial charge is 0.493 e. The number of carbonyl (C=O) groups is 1. The smallest absolute Gasteiger partial charge is 0.254 e. The molecule has 2 fully saturated rings. The Morgan fingerprint density at radius 1 is 1.12 bits per heavy atom. The summed E-state index contributed by atoms with van der Waals surface area (Å²) in [5.74, 6) is 1.74. The number of aromatic nitrogens is 2. The molecule has 1 aliphatic carbocycles. The fraction of sp³-hybridized carbons (Fsp3) is 0.423. The molecule has 1 aromatic heterocycles. The molecule has 34 heavy (non-hydrogen) atoms. The molecule has 1 unspecified atom stereocenters. The average Bonchev–Trinajstić information content (AvgIpc) is 3.40. The van der Waals surface area contributed by atoms with Crippen LogP contribution in [0.15, 0.2) is 48.8 Å². The van der Waals surface area contributed by atoms with Crippen molar-refractivity contribution >= 4 is 16.8 Å². The molecule has 2 aliphatic rings. The highest BCUT2D eigenvalue weighted by atomic mass is 16.5. The van der Waals surface area contributed by atoms with Crippen LogP contribution in [0.1, 0.15) is 36.0 Å². The lowest BCUT2D eigenvalue weighted by Crippen LogP contribution is -2.47. The molecule has 2 aromatic carbocycles. The van der Waals surface area contributed by atoms with Crippen LogP contribution in [-0.4, -0.2) is 66.4 Å². The van der Waals surface area contributed by atoms with Gasteiger partial charge in [-0.15, -0.1) is 0 Å². The number of carbonyl (C=O) groups excluding carboxylic acids is 1. The first-order valence-corrected chi connectivity index (χ1v) is 11.8. The maximum absolute atomic E-state index is 13.3. The SMILES string of the molecule is COc1ccc(C(=O)N2CCOC(COc3ncnc4ccccc34)C2)cc1OC1CCCC1. The summed E-state index contributed by atoms with van der Waals surface area (Å²) in [7, 11) is 1.62. The quantitative estimate of drug-likeness (QED) is 0.526. The first-order valence-electron chi connectivity index (χ1n) is 11.8. The molecule has 1 saturated heterocycles. The molecule has 0 bridgehead atoms. The molecule has 1 saturated carbocycles. The van der Waals surface area contributed by atoms with E-state index in [2.05, 4.69) is 9.97 Å². The lowest BCUT2D eigenvalue weighted by molar-refractivity contribution is -0.0405. The van der Waals surface area contributed by atoms with Crippen molar-refractivity contribution in [3.63, 3.8) is 0 Å². The number of ether oxygens (including phenoxy) is 4. The Labute approximate surface area is 198 Å². The Balaban J connectivity index is 1.24. The minimum Gasteiger partial charge on any atom is -0.493 e. The zero-order chi connectivity index (χ0) is 23.3. The number of hydrogen-bond donors (Lipinski definition) is 0. The van der Waals surface area contributed by atoms with Gasteiger partial charge in [0.15, 0.2) is 11.5 Å². The minimum absolute atomic E-state index is 0.0558. The first-order chi connectivity index (χ1) is 16.7. The Morgan fingerprint density at radius 3 is 2.82 bits per heavy atom. The number of benzene rings is 2. The normalized spacial score (nSPS) is 18.7. The predicted octanol–water partition coefficient (Wildman–Crippen LogP) is 3.88. The fourth-order valence-corrected chi connectivity index (χ4v) is 4.54. The van der Waals surface area contributed by atoms with Crippen LogP contribution in [0.4, 0.5) is 0 Å². The molecule has 3 aromatic rings. The molecule has 0 N–H and O–H groups in total. The molecular weight excluding hydrogens is 434 g/mol. The Hall–Kier alpha value is -3.39. The molecule has 8 nitrogen and oxygen atoms in total. The van der Waals surface area contributed by atoms with Crippen LogP contribution >= 0.6 is 0 Å². The van der Waals surface area contributed by atoms with Gasteiger partial charge in [-0.25, -0.2) is 9.97 Å². The molecule has 1 atom stereocenters. The number of rotatable bonds is 7. The van der Waals surface area contributed by atoms with E-state index in [4.69, 9.17) is 18.9 Å². The van der Waals surface area contributed by atoms with Crippen LogP contribution in [0.5, 0.6) is 17.4 Å².